The van der Waals surface area contributed by atoms with Crippen molar-refractivity contribution >= 4 is 11.6 Å². The Morgan fingerprint density at radius 1 is 1.40 bits per heavy atom. The van der Waals surface area contributed by atoms with E-state index < -0.39 is 0 Å². The Hall–Kier alpha value is -1.35. The first-order valence-corrected chi connectivity index (χ1v) is 5.39. The smallest absolute Gasteiger partial charge is 0.224 e. The Labute approximate surface area is 89.7 Å². The van der Waals surface area contributed by atoms with Crippen molar-refractivity contribution in [1.29, 1.82) is 0 Å². The van der Waals surface area contributed by atoms with Crippen LogP contribution in [0.25, 0.3) is 0 Å². The number of carbonyl (C=O) groups is 1. The summed E-state index contributed by atoms with van der Waals surface area (Å²) >= 11 is 0. The minimum Gasteiger partial charge on any atom is -0.326 e. The molecule has 1 aliphatic rings. The largest absolute Gasteiger partial charge is 0.326 e. The van der Waals surface area contributed by atoms with Crippen LogP contribution >= 0.6 is 0 Å². The van der Waals surface area contributed by atoms with Gasteiger partial charge in [-0.2, -0.15) is 0 Å². The second kappa shape index (κ2) is 4.03. The van der Waals surface area contributed by atoms with Gasteiger partial charge in [-0.1, -0.05) is 19.1 Å². The number of benzene rings is 1. The minimum absolute atomic E-state index is 0.123. The molecule has 1 aromatic rings. The SMILES string of the molecule is CCc1cc(CN)cc2c1NC(=O)CC2. The number of nitrogens with two attached hydrogens (primary N) is 1. The third kappa shape index (κ3) is 1.88. The molecular weight excluding hydrogens is 188 g/mol. The lowest BCUT2D eigenvalue weighted by Gasteiger charge is -2.21. The molecule has 0 unspecified atom stereocenters. The fourth-order valence-corrected chi connectivity index (χ4v) is 2.04. The first-order chi connectivity index (χ1) is 7.24. The maximum Gasteiger partial charge on any atom is 0.224 e. The van der Waals surface area contributed by atoms with E-state index in [2.05, 4.69) is 24.4 Å². The lowest BCUT2D eigenvalue weighted by molar-refractivity contribution is -0.116. The summed E-state index contributed by atoms with van der Waals surface area (Å²) in [7, 11) is 0. The van der Waals surface area contributed by atoms with Crippen LogP contribution in [0.3, 0.4) is 0 Å². The summed E-state index contributed by atoms with van der Waals surface area (Å²) in [6.45, 7) is 2.66. The molecule has 0 atom stereocenters. The monoisotopic (exact) mass is 204 g/mol. The maximum absolute atomic E-state index is 11.3. The minimum atomic E-state index is 0.123. The zero-order valence-corrected chi connectivity index (χ0v) is 8.97. The van der Waals surface area contributed by atoms with Crippen molar-refractivity contribution in [2.45, 2.75) is 32.7 Å². The molecule has 0 fully saturated rings. The van der Waals surface area contributed by atoms with Crippen LogP contribution in [0, 0.1) is 0 Å². The van der Waals surface area contributed by atoms with E-state index in [-0.39, 0.29) is 5.91 Å². The number of carbonyl (C=O) groups excluding carboxylic acids is 1. The van der Waals surface area contributed by atoms with Gasteiger partial charge in [0.15, 0.2) is 0 Å². The van der Waals surface area contributed by atoms with Crippen LogP contribution in [0.5, 0.6) is 0 Å². The van der Waals surface area contributed by atoms with Crippen LogP contribution in [-0.4, -0.2) is 5.91 Å². The molecule has 0 aliphatic carbocycles. The highest BCUT2D eigenvalue weighted by molar-refractivity contribution is 5.94. The summed E-state index contributed by atoms with van der Waals surface area (Å²) in [4.78, 5) is 11.3. The van der Waals surface area contributed by atoms with Crippen molar-refractivity contribution in [3.05, 3.63) is 28.8 Å². The van der Waals surface area contributed by atoms with Crippen LogP contribution < -0.4 is 11.1 Å². The molecule has 0 saturated heterocycles. The van der Waals surface area contributed by atoms with E-state index in [1.165, 1.54) is 11.1 Å². The Kier molecular flexibility index (Phi) is 2.73. The molecule has 0 bridgehead atoms. The number of nitrogens with one attached hydrogen (secondary N) is 1. The average molecular weight is 204 g/mol. The van der Waals surface area contributed by atoms with Crippen LogP contribution in [0.15, 0.2) is 12.1 Å². The van der Waals surface area contributed by atoms with Gasteiger partial charge >= 0.3 is 0 Å². The molecule has 15 heavy (non-hydrogen) atoms. The van der Waals surface area contributed by atoms with Gasteiger partial charge in [0.1, 0.15) is 0 Å². The van der Waals surface area contributed by atoms with E-state index in [1.807, 2.05) is 0 Å². The third-order valence-corrected chi connectivity index (χ3v) is 2.86. The summed E-state index contributed by atoms with van der Waals surface area (Å²) in [5, 5.41) is 2.95. The number of anilines is 1. The molecule has 1 aromatic carbocycles. The van der Waals surface area contributed by atoms with Crippen molar-refractivity contribution in [2.24, 2.45) is 5.73 Å². The average Bonchev–Trinajstić information content (AvgIpc) is 2.27. The van der Waals surface area contributed by atoms with Crippen molar-refractivity contribution in [2.75, 3.05) is 5.32 Å². The molecule has 3 heteroatoms. The summed E-state index contributed by atoms with van der Waals surface area (Å²) in [5.41, 5.74) is 10.2. The topological polar surface area (TPSA) is 55.1 Å². The summed E-state index contributed by atoms with van der Waals surface area (Å²) in [6.07, 6.45) is 2.35. The van der Waals surface area contributed by atoms with Gasteiger partial charge in [0.25, 0.3) is 0 Å². The standard InChI is InChI=1S/C12H16N2O/c1-2-9-5-8(7-13)6-10-3-4-11(15)14-12(9)10/h5-6H,2-4,7,13H2,1H3,(H,14,15). The molecule has 0 spiro atoms. The predicted octanol–water partition coefficient (Wildman–Crippen LogP) is 1.59. The van der Waals surface area contributed by atoms with Gasteiger partial charge in [0.05, 0.1) is 0 Å². The highest BCUT2D eigenvalue weighted by Crippen LogP contribution is 2.28. The van der Waals surface area contributed by atoms with E-state index in [0.717, 1.165) is 24.1 Å². The molecule has 0 aromatic heterocycles. The van der Waals surface area contributed by atoms with Crippen LogP contribution in [-0.2, 0) is 24.2 Å². The van der Waals surface area contributed by atoms with Crippen molar-refractivity contribution in [3.63, 3.8) is 0 Å². The van der Waals surface area contributed by atoms with Gasteiger partial charge in [-0.25, -0.2) is 0 Å². The van der Waals surface area contributed by atoms with E-state index in [0.29, 0.717) is 13.0 Å². The molecule has 2 rings (SSSR count). The van der Waals surface area contributed by atoms with E-state index in [1.54, 1.807) is 0 Å². The fraction of sp³-hybridized carbons (Fsp3) is 0.417. The molecule has 1 heterocycles. The van der Waals surface area contributed by atoms with E-state index in [4.69, 9.17) is 5.73 Å². The lowest BCUT2D eigenvalue weighted by Crippen LogP contribution is -2.20. The molecule has 0 saturated carbocycles. The Morgan fingerprint density at radius 3 is 2.87 bits per heavy atom. The second-order valence-electron chi connectivity index (χ2n) is 3.89. The number of hydrogen-bond acceptors (Lipinski definition) is 2. The van der Waals surface area contributed by atoms with Crippen molar-refractivity contribution in [1.82, 2.24) is 0 Å². The van der Waals surface area contributed by atoms with E-state index >= 15 is 0 Å². The highest BCUT2D eigenvalue weighted by atomic mass is 16.1. The van der Waals surface area contributed by atoms with E-state index in [9.17, 15) is 4.79 Å². The first-order valence-electron chi connectivity index (χ1n) is 5.39. The molecule has 80 valence electrons. The fourth-order valence-electron chi connectivity index (χ4n) is 2.04. The van der Waals surface area contributed by atoms with Crippen LogP contribution in [0.4, 0.5) is 5.69 Å². The molecule has 3 nitrogen and oxygen atoms in total. The van der Waals surface area contributed by atoms with Gasteiger partial charge in [-0.05, 0) is 29.5 Å². The number of amides is 1. The van der Waals surface area contributed by atoms with Crippen LogP contribution in [0.1, 0.15) is 30.0 Å². The first kappa shape index (κ1) is 10.2. The lowest BCUT2D eigenvalue weighted by atomic mass is 9.95. The molecule has 3 N–H and O–H groups in total. The van der Waals surface area contributed by atoms with Gasteiger partial charge in [0.2, 0.25) is 5.91 Å². The summed E-state index contributed by atoms with van der Waals surface area (Å²) in [6, 6.07) is 4.19. The predicted molar refractivity (Wildman–Crippen MR) is 60.7 cm³/mol. The highest BCUT2D eigenvalue weighted by Gasteiger charge is 2.17. The third-order valence-electron chi connectivity index (χ3n) is 2.86. The maximum atomic E-state index is 11.3. The number of fused-ring (bicyclic) bond motifs is 1. The van der Waals surface area contributed by atoms with Gasteiger partial charge in [-0.15, -0.1) is 0 Å². The van der Waals surface area contributed by atoms with Crippen molar-refractivity contribution < 1.29 is 4.79 Å². The van der Waals surface area contributed by atoms with Gasteiger partial charge in [0, 0.05) is 18.7 Å². The zero-order chi connectivity index (χ0) is 10.8. The Morgan fingerprint density at radius 2 is 2.20 bits per heavy atom. The molecule has 0 radical (unpaired) electrons. The molecule has 1 amide bonds. The summed E-state index contributed by atoms with van der Waals surface area (Å²) < 4.78 is 0. The number of aryl methyl sites for hydroxylation is 2. The van der Waals surface area contributed by atoms with Gasteiger partial charge < -0.3 is 11.1 Å². The zero-order valence-electron chi connectivity index (χ0n) is 8.97. The summed E-state index contributed by atoms with van der Waals surface area (Å²) in [5.74, 6) is 0.123. The second-order valence-corrected chi connectivity index (χ2v) is 3.89. The van der Waals surface area contributed by atoms with Crippen LogP contribution in [0.2, 0.25) is 0 Å². The number of rotatable bonds is 2. The molecule has 1 aliphatic heterocycles. The Bertz CT molecular complexity index is 382. The van der Waals surface area contributed by atoms with Gasteiger partial charge in [-0.3, -0.25) is 4.79 Å². The normalized spacial score (nSPS) is 14.7. The quantitative estimate of drug-likeness (QED) is 0.768. The molecular formula is C12H16N2O. The number of hydrogen-bond donors (Lipinski definition) is 2. The van der Waals surface area contributed by atoms with Crippen molar-refractivity contribution in [3.8, 4) is 0 Å². The Balaban J connectivity index is 2.49.